The van der Waals surface area contributed by atoms with Gasteiger partial charge in [-0.15, -0.1) is 0 Å². The van der Waals surface area contributed by atoms with Crippen molar-refractivity contribution >= 4 is 16.9 Å². The molecule has 0 saturated carbocycles. The molecule has 0 radical (unpaired) electrons. The number of ether oxygens (including phenoxy) is 2. The van der Waals surface area contributed by atoms with Gasteiger partial charge in [0.05, 0.1) is 12.7 Å². The van der Waals surface area contributed by atoms with Crippen LogP contribution in [-0.2, 0) is 6.61 Å². The van der Waals surface area contributed by atoms with E-state index in [1.54, 1.807) is 43.5 Å². The zero-order valence-electron chi connectivity index (χ0n) is 11.9. The van der Waals surface area contributed by atoms with Gasteiger partial charge in [-0.3, -0.25) is 0 Å². The predicted octanol–water partition coefficient (Wildman–Crippen LogP) is 3.72. The number of hydrogen-bond donors (Lipinski definition) is 1. The Kier molecular flexibility index (Phi) is 3.70. The van der Waals surface area contributed by atoms with Gasteiger partial charge in [0, 0.05) is 5.39 Å². The van der Waals surface area contributed by atoms with Gasteiger partial charge in [-0.25, -0.2) is 4.79 Å². The Hall–Kier alpha value is -2.95. The number of para-hydroxylation sites is 2. The Morgan fingerprint density at radius 3 is 2.64 bits per heavy atom. The van der Waals surface area contributed by atoms with E-state index in [4.69, 9.17) is 13.9 Å². The minimum atomic E-state index is -0.983. The van der Waals surface area contributed by atoms with E-state index in [9.17, 15) is 9.90 Å². The third-order valence-corrected chi connectivity index (χ3v) is 3.28. The highest BCUT2D eigenvalue weighted by Crippen LogP contribution is 2.28. The minimum absolute atomic E-state index is 0.189. The van der Waals surface area contributed by atoms with Gasteiger partial charge in [0.2, 0.25) is 0 Å². The average Bonchev–Trinajstić information content (AvgIpc) is 2.95. The lowest BCUT2D eigenvalue weighted by Crippen LogP contribution is -1.96. The summed E-state index contributed by atoms with van der Waals surface area (Å²) in [6.45, 7) is 0.189. The lowest BCUT2D eigenvalue weighted by molar-refractivity contribution is 0.0699. The molecule has 112 valence electrons. The Balaban J connectivity index is 1.86. The fourth-order valence-electron chi connectivity index (χ4n) is 2.26. The molecule has 1 heterocycles. The third kappa shape index (κ3) is 2.61. The van der Waals surface area contributed by atoms with E-state index in [1.807, 2.05) is 12.1 Å². The van der Waals surface area contributed by atoms with Crippen LogP contribution < -0.4 is 9.47 Å². The third-order valence-electron chi connectivity index (χ3n) is 3.28. The van der Waals surface area contributed by atoms with Crippen molar-refractivity contribution in [2.75, 3.05) is 7.11 Å². The molecule has 0 saturated heterocycles. The molecule has 0 bridgehead atoms. The minimum Gasteiger partial charge on any atom is -0.493 e. The second-order valence-corrected chi connectivity index (χ2v) is 4.67. The van der Waals surface area contributed by atoms with E-state index in [2.05, 4.69) is 0 Å². The smallest absolute Gasteiger partial charge is 0.336 e. The molecule has 5 nitrogen and oxygen atoms in total. The highest BCUT2D eigenvalue weighted by Gasteiger charge is 2.13. The number of benzene rings is 2. The first-order valence-electron chi connectivity index (χ1n) is 6.69. The number of carboxylic acids is 1. The lowest BCUT2D eigenvalue weighted by atomic mass is 10.1. The Morgan fingerprint density at radius 1 is 1.14 bits per heavy atom. The van der Waals surface area contributed by atoms with Crippen LogP contribution in [0.2, 0.25) is 0 Å². The summed E-state index contributed by atoms with van der Waals surface area (Å²) in [5.41, 5.74) is 0.739. The van der Waals surface area contributed by atoms with Gasteiger partial charge in [0.15, 0.2) is 11.5 Å². The number of furan rings is 1. The second-order valence-electron chi connectivity index (χ2n) is 4.67. The SMILES string of the molecule is COc1ccccc1OCc1cc2c(C(=O)O)cccc2o1. The molecule has 0 fully saturated rings. The zero-order chi connectivity index (χ0) is 15.5. The zero-order valence-corrected chi connectivity index (χ0v) is 11.9. The fourth-order valence-corrected chi connectivity index (χ4v) is 2.26. The van der Waals surface area contributed by atoms with E-state index >= 15 is 0 Å². The van der Waals surface area contributed by atoms with Gasteiger partial charge in [0.25, 0.3) is 0 Å². The molecular formula is C17H14O5. The summed E-state index contributed by atoms with van der Waals surface area (Å²) in [6, 6.07) is 13.9. The highest BCUT2D eigenvalue weighted by atomic mass is 16.5. The number of rotatable bonds is 5. The quantitative estimate of drug-likeness (QED) is 0.777. The normalized spacial score (nSPS) is 10.6. The Labute approximate surface area is 126 Å². The number of carbonyl (C=O) groups is 1. The molecule has 0 aliphatic heterocycles. The molecule has 0 atom stereocenters. The van der Waals surface area contributed by atoms with Crippen LogP contribution >= 0.6 is 0 Å². The van der Waals surface area contributed by atoms with Crippen LogP contribution in [0, 0.1) is 0 Å². The summed E-state index contributed by atoms with van der Waals surface area (Å²) in [4.78, 5) is 11.2. The highest BCUT2D eigenvalue weighted by molar-refractivity contribution is 6.02. The molecule has 0 amide bonds. The van der Waals surface area contributed by atoms with Crippen LogP contribution in [0.15, 0.2) is 52.9 Å². The summed E-state index contributed by atoms with van der Waals surface area (Å²) in [5.74, 6) is 0.798. The molecule has 0 spiro atoms. The van der Waals surface area contributed by atoms with Crippen LogP contribution in [0.1, 0.15) is 16.1 Å². The van der Waals surface area contributed by atoms with Gasteiger partial charge in [-0.1, -0.05) is 18.2 Å². The number of aromatic carboxylic acids is 1. The maximum absolute atomic E-state index is 11.2. The van der Waals surface area contributed by atoms with Crippen molar-refractivity contribution in [2.24, 2.45) is 0 Å². The molecule has 22 heavy (non-hydrogen) atoms. The molecule has 3 rings (SSSR count). The van der Waals surface area contributed by atoms with E-state index in [0.717, 1.165) is 0 Å². The summed E-state index contributed by atoms with van der Waals surface area (Å²) in [6.07, 6.45) is 0. The molecule has 0 aliphatic carbocycles. The Morgan fingerprint density at radius 2 is 1.91 bits per heavy atom. The van der Waals surface area contributed by atoms with Gasteiger partial charge < -0.3 is 19.0 Å². The summed E-state index contributed by atoms with van der Waals surface area (Å²) < 4.78 is 16.5. The van der Waals surface area contributed by atoms with Crippen molar-refractivity contribution in [2.45, 2.75) is 6.61 Å². The first-order chi connectivity index (χ1) is 10.7. The van der Waals surface area contributed by atoms with Crippen molar-refractivity contribution in [3.8, 4) is 11.5 Å². The standard InChI is InChI=1S/C17H14O5/c1-20-15-6-2-3-7-16(15)21-10-11-9-13-12(17(18)19)5-4-8-14(13)22-11/h2-9H,10H2,1H3,(H,18,19). The molecule has 0 unspecified atom stereocenters. The number of methoxy groups -OCH3 is 1. The molecule has 0 aliphatic rings. The second kappa shape index (κ2) is 5.81. The van der Waals surface area contributed by atoms with Crippen LogP contribution in [0.5, 0.6) is 11.5 Å². The lowest BCUT2D eigenvalue weighted by Gasteiger charge is -2.08. The van der Waals surface area contributed by atoms with Crippen molar-refractivity contribution in [3.63, 3.8) is 0 Å². The van der Waals surface area contributed by atoms with Crippen LogP contribution in [-0.4, -0.2) is 18.2 Å². The van der Waals surface area contributed by atoms with E-state index in [-0.39, 0.29) is 12.2 Å². The summed E-state index contributed by atoms with van der Waals surface area (Å²) in [5, 5.41) is 9.74. The fraction of sp³-hybridized carbons (Fsp3) is 0.118. The Bertz CT molecular complexity index is 819. The van der Waals surface area contributed by atoms with Crippen LogP contribution in [0.4, 0.5) is 0 Å². The topological polar surface area (TPSA) is 68.9 Å². The maximum atomic E-state index is 11.2. The largest absolute Gasteiger partial charge is 0.493 e. The van der Waals surface area contributed by atoms with E-state index in [0.29, 0.717) is 28.2 Å². The maximum Gasteiger partial charge on any atom is 0.336 e. The van der Waals surface area contributed by atoms with Gasteiger partial charge >= 0.3 is 5.97 Å². The van der Waals surface area contributed by atoms with Gasteiger partial charge in [-0.05, 0) is 30.3 Å². The molecule has 2 aromatic carbocycles. The van der Waals surface area contributed by atoms with Crippen LogP contribution in [0.3, 0.4) is 0 Å². The number of fused-ring (bicyclic) bond motifs is 1. The first kappa shape index (κ1) is 14.0. The van der Waals surface area contributed by atoms with Crippen LogP contribution in [0.25, 0.3) is 11.0 Å². The predicted molar refractivity (Wildman–Crippen MR) is 80.5 cm³/mol. The van der Waals surface area contributed by atoms with E-state index in [1.165, 1.54) is 0 Å². The molecular weight excluding hydrogens is 284 g/mol. The molecule has 1 N–H and O–H groups in total. The monoisotopic (exact) mass is 298 g/mol. The number of carboxylic acid groups (broad SMARTS) is 1. The van der Waals surface area contributed by atoms with Gasteiger partial charge in [0.1, 0.15) is 18.0 Å². The van der Waals surface area contributed by atoms with Crippen molar-refractivity contribution in [1.29, 1.82) is 0 Å². The first-order valence-corrected chi connectivity index (χ1v) is 6.69. The van der Waals surface area contributed by atoms with Crippen molar-refractivity contribution in [1.82, 2.24) is 0 Å². The van der Waals surface area contributed by atoms with Crippen molar-refractivity contribution < 1.29 is 23.8 Å². The van der Waals surface area contributed by atoms with Crippen molar-refractivity contribution in [3.05, 3.63) is 59.9 Å². The van der Waals surface area contributed by atoms with Gasteiger partial charge in [-0.2, -0.15) is 0 Å². The average molecular weight is 298 g/mol. The number of hydrogen-bond acceptors (Lipinski definition) is 4. The summed E-state index contributed by atoms with van der Waals surface area (Å²) >= 11 is 0. The molecule has 5 heteroatoms. The van der Waals surface area contributed by atoms with E-state index < -0.39 is 5.97 Å². The molecule has 1 aromatic heterocycles. The molecule has 3 aromatic rings. The summed E-state index contributed by atoms with van der Waals surface area (Å²) in [7, 11) is 1.57.